The third-order valence-electron chi connectivity index (χ3n) is 2.52. The summed E-state index contributed by atoms with van der Waals surface area (Å²) in [5, 5.41) is 13.3. The van der Waals surface area contributed by atoms with Crippen molar-refractivity contribution in [1.82, 2.24) is 14.8 Å². The number of anilines is 1. The van der Waals surface area contributed by atoms with Crippen LogP contribution in [0.25, 0.3) is 11.4 Å². The zero-order valence-electron chi connectivity index (χ0n) is 9.74. The zero-order chi connectivity index (χ0) is 12.3. The monoisotopic (exact) mass is 232 g/mol. The minimum Gasteiger partial charge on any atom is -0.399 e. The lowest BCUT2D eigenvalue weighted by Crippen LogP contribution is -2.11. The summed E-state index contributed by atoms with van der Waals surface area (Å²) in [4.78, 5) is 4.23. The van der Waals surface area contributed by atoms with Gasteiger partial charge in [-0.25, -0.2) is 4.98 Å². The van der Waals surface area contributed by atoms with Gasteiger partial charge in [0.25, 0.3) is 0 Å². The number of benzene rings is 1. The molecule has 90 valence electrons. The van der Waals surface area contributed by atoms with Gasteiger partial charge in [-0.1, -0.05) is 6.92 Å². The van der Waals surface area contributed by atoms with Crippen LogP contribution in [0.3, 0.4) is 0 Å². The highest BCUT2D eigenvalue weighted by molar-refractivity contribution is 5.57. The van der Waals surface area contributed by atoms with Gasteiger partial charge in [0.2, 0.25) is 0 Å². The van der Waals surface area contributed by atoms with Gasteiger partial charge < -0.3 is 10.8 Å². The molecule has 0 amide bonds. The first-order valence-electron chi connectivity index (χ1n) is 5.55. The van der Waals surface area contributed by atoms with E-state index >= 15 is 0 Å². The van der Waals surface area contributed by atoms with E-state index in [0.717, 1.165) is 11.3 Å². The lowest BCUT2D eigenvalue weighted by molar-refractivity contribution is 0.219. The quantitative estimate of drug-likeness (QED) is 0.775. The third kappa shape index (κ3) is 2.82. The minimum absolute atomic E-state index is 0.150. The summed E-state index contributed by atoms with van der Waals surface area (Å²) < 4.78 is 1.74. The molecule has 2 rings (SSSR count). The maximum atomic E-state index is 8.98. The van der Waals surface area contributed by atoms with Gasteiger partial charge in [0.15, 0.2) is 5.82 Å². The summed E-state index contributed by atoms with van der Waals surface area (Å²) in [6, 6.07) is 7.44. The van der Waals surface area contributed by atoms with Crippen LogP contribution in [0.1, 0.15) is 6.92 Å². The molecular weight excluding hydrogens is 216 g/mol. The molecule has 2 aromatic rings. The van der Waals surface area contributed by atoms with E-state index < -0.39 is 0 Å². The first-order chi connectivity index (χ1) is 8.19. The number of hydrogen-bond acceptors (Lipinski definition) is 4. The number of nitrogen functional groups attached to an aromatic ring is 1. The number of nitrogens with zero attached hydrogens (tertiary/aromatic N) is 3. The fourth-order valence-corrected chi connectivity index (χ4v) is 1.52. The molecule has 1 heterocycles. The molecule has 1 aromatic heterocycles. The maximum Gasteiger partial charge on any atom is 0.181 e. The van der Waals surface area contributed by atoms with Gasteiger partial charge in [0.1, 0.15) is 6.33 Å². The Bertz CT molecular complexity index is 478. The molecule has 0 aliphatic rings. The van der Waals surface area contributed by atoms with E-state index in [4.69, 9.17) is 10.8 Å². The number of aromatic nitrogens is 3. The molecule has 0 saturated carbocycles. The van der Waals surface area contributed by atoms with Crippen molar-refractivity contribution >= 4 is 5.69 Å². The zero-order valence-corrected chi connectivity index (χ0v) is 9.74. The van der Waals surface area contributed by atoms with Crippen LogP contribution in [0.5, 0.6) is 0 Å². The summed E-state index contributed by atoms with van der Waals surface area (Å²) >= 11 is 0. The fraction of sp³-hybridized carbons (Fsp3) is 0.333. The van der Waals surface area contributed by atoms with Crippen molar-refractivity contribution in [3.8, 4) is 11.4 Å². The second-order valence-electron chi connectivity index (χ2n) is 4.20. The molecule has 1 atom stereocenters. The lowest BCUT2D eigenvalue weighted by Gasteiger charge is -2.05. The Balaban J connectivity index is 2.15. The first kappa shape index (κ1) is 11.6. The second kappa shape index (κ2) is 4.97. The van der Waals surface area contributed by atoms with E-state index in [9.17, 15) is 0 Å². The van der Waals surface area contributed by atoms with E-state index in [1.54, 1.807) is 11.0 Å². The Hall–Kier alpha value is -1.88. The van der Waals surface area contributed by atoms with E-state index in [1.807, 2.05) is 31.2 Å². The van der Waals surface area contributed by atoms with Crippen LogP contribution >= 0.6 is 0 Å². The Morgan fingerprint density at radius 2 is 2.06 bits per heavy atom. The molecule has 0 bridgehead atoms. The van der Waals surface area contributed by atoms with E-state index in [-0.39, 0.29) is 12.5 Å². The van der Waals surface area contributed by atoms with E-state index in [2.05, 4.69) is 10.1 Å². The highest BCUT2D eigenvalue weighted by atomic mass is 16.3. The maximum absolute atomic E-state index is 8.98. The van der Waals surface area contributed by atoms with Crippen molar-refractivity contribution in [2.45, 2.75) is 13.5 Å². The molecule has 5 heteroatoms. The smallest absolute Gasteiger partial charge is 0.181 e. The average Bonchev–Trinajstić information content (AvgIpc) is 2.78. The molecule has 1 aromatic carbocycles. The minimum atomic E-state index is 0.150. The Morgan fingerprint density at radius 1 is 1.35 bits per heavy atom. The van der Waals surface area contributed by atoms with Crippen molar-refractivity contribution in [3.05, 3.63) is 30.6 Å². The first-order valence-corrected chi connectivity index (χ1v) is 5.55. The van der Waals surface area contributed by atoms with Gasteiger partial charge in [0.05, 0.1) is 0 Å². The van der Waals surface area contributed by atoms with Crippen LogP contribution in [0.4, 0.5) is 5.69 Å². The Labute approximate surface area is 99.9 Å². The average molecular weight is 232 g/mol. The standard InChI is InChI=1S/C12H16N4O/c1-9(7-17)6-16-8-14-12(15-16)10-2-4-11(13)5-3-10/h2-5,8-9,17H,6-7,13H2,1H3. The molecule has 17 heavy (non-hydrogen) atoms. The van der Waals surface area contributed by atoms with Gasteiger partial charge in [0, 0.05) is 24.4 Å². The molecule has 0 radical (unpaired) electrons. The second-order valence-corrected chi connectivity index (χ2v) is 4.20. The van der Waals surface area contributed by atoms with Crippen LogP contribution in [0.2, 0.25) is 0 Å². The van der Waals surface area contributed by atoms with Gasteiger partial charge in [-0.15, -0.1) is 0 Å². The van der Waals surface area contributed by atoms with Gasteiger partial charge in [-0.3, -0.25) is 4.68 Å². The molecule has 0 spiro atoms. The van der Waals surface area contributed by atoms with E-state index in [0.29, 0.717) is 12.4 Å². The normalized spacial score (nSPS) is 12.6. The van der Waals surface area contributed by atoms with Gasteiger partial charge in [-0.05, 0) is 30.2 Å². The van der Waals surface area contributed by atoms with Crippen LogP contribution in [0, 0.1) is 5.92 Å². The molecule has 0 saturated heterocycles. The van der Waals surface area contributed by atoms with Crippen molar-refractivity contribution < 1.29 is 5.11 Å². The lowest BCUT2D eigenvalue weighted by atomic mass is 10.2. The largest absolute Gasteiger partial charge is 0.399 e. The molecular formula is C12H16N4O. The molecule has 3 N–H and O–H groups in total. The number of nitrogens with two attached hydrogens (primary N) is 1. The van der Waals surface area contributed by atoms with Crippen molar-refractivity contribution in [2.24, 2.45) is 5.92 Å². The fourth-order valence-electron chi connectivity index (χ4n) is 1.52. The van der Waals surface area contributed by atoms with Crippen LogP contribution in [-0.4, -0.2) is 26.5 Å². The number of aliphatic hydroxyl groups is 1. The van der Waals surface area contributed by atoms with Gasteiger partial charge >= 0.3 is 0 Å². The SMILES string of the molecule is CC(CO)Cn1cnc(-c2ccc(N)cc2)n1. The van der Waals surface area contributed by atoms with Crippen LogP contribution in [-0.2, 0) is 6.54 Å². The summed E-state index contributed by atoms with van der Waals surface area (Å²) in [5.41, 5.74) is 7.28. The Morgan fingerprint density at radius 3 is 2.71 bits per heavy atom. The summed E-state index contributed by atoms with van der Waals surface area (Å²) in [6.45, 7) is 2.78. The topological polar surface area (TPSA) is 77.0 Å². The van der Waals surface area contributed by atoms with Crippen molar-refractivity contribution in [1.29, 1.82) is 0 Å². The van der Waals surface area contributed by atoms with Crippen molar-refractivity contribution in [3.63, 3.8) is 0 Å². The summed E-state index contributed by atoms with van der Waals surface area (Å²) in [6.07, 6.45) is 1.68. The predicted octanol–water partition coefficient (Wildman–Crippen LogP) is 1.16. The van der Waals surface area contributed by atoms with Crippen LogP contribution in [0.15, 0.2) is 30.6 Å². The molecule has 5 nitrogen and oxygen atoms in total. The highest BCUT2D eigenvalue weighted by Gasteiger charge is 2.06. The van der Waals surface area contributed by atoms with Crippen molar-refractivity contribution in [2.75, 3.05) is 12.3 Å². The number of rotatable bonds is 4. The summed E-state index contributed by atoms with van der Waals surface area (Å²) in [5.74, 6) is 0.853. The Kier molecular flexibility index (Phi) is 3.39. The predicted molar refractivity (Wildman–Crippen MR) is 66.1 cm³/mol. The number of hydrogen-bond donors (Lipinski definition) is 2. The molecule has 0 aliphatic carbocycles. The van der Waals surface area contributed by atoms with Crippen LogP contribution < -0.4 is 5.73 Å². The molecule has 0 aliphatic heterocycles. The summed E-state index contributed by atoms with van der Waals surface area (Å²) in [7, 11) is 0. The third-order valence-corrected chi connectivity index (χ3v) is 2.52. The van der Waals surface area contributed by atoms with E-state index in [1.165, 1.54) is 0 Å². The molecule has 1 unspecified atom stereocenters. The molecule has 0 fully saturated rings. The highest BCUT2D eigenvalue weighted by Crippen LogP contribution is 2.16. The number of aliphatic hydroxyl groups excluding tert-OH is 1. The van der Waals surface area contributed by atoms with Gasteiger partial charge in [-0.2, -0.15) is 5.10 Å².